The van der Waals surface area contributed by atoms with Crippen molar-refractivity contribution in [3.8, 4) is 0 Å². The first-order valence-corrected chi connectivity index (χ1v) is 8.22. The number of rotatable bonds is 3. The monoisotopic (exact) mass is 312 g/mol. The Balaban J connectivity index is 0.000000277. The van der Waals surface area contributed by atoms with Gasteiger partial charge < -0.3 is 4.74 Å². The molecule has 0 heterocycles. The van der Waals surface area contributed by atoms with E-state index in [-0.39, 0.29) is 5.97 Å². The van der Waals surface area contributed by atoms with Crippen LogP contribution in [0.3, 0.4) is 0 Å². The number of aryl methyl sites for hydroxylation is 2. The van der Waals surface area contributed by atoms with Gasteiger partial charge in [0.2, 0.25) is 0 Å². The fraction of sp³-hybridized carbons (Fsp3) is 0.381. The van der Waals surface area contributed by atoms with E-state index in [4.69, 9.17) is 4.74 Å². The van der Waals surface area contributed by atoms with E-state index < -0.39 is 5.60 Å². The summed E-state index contributed by atoms with van der Waals surface area (Å²) in [4.78, 5) is 11.8. The van der Waals surface area contributed by atoms with Crippen molar-refractivity contribution in [1.82, 2.24) is 0 Å². The van der Waals surface area contributed by atoms with Crippen LogP contribution in [-0.4, -0.2) is 11.6 Å². The smallest absolute Gasteiger partial charge is 0.338 e. The van der Waals surface area contributed by atoms with E-state index in [2.05, 4.69) is 31.2 Å². The van der Waals surface area contributed by atoms with Crippen molar-refractivity contribution in [3.05, 3.63) is 71.3 Å². The molecule has 0 fully saturated rings. The van der Waals surface area contributed by atoms with Crippen LogP contribution in [0.5, 0.6) is 0 Å². The molecule has 0 aliphatic heterocycles. The quantitative estimate of drug-likeness (QED) is 0.704. The van der Waals surface area contributed by atoms with E-state index in [1.54, 1.807) is 0 Å². The summed E-state index contributed by atoms with van der Waals surface area (Å²) in [5.41, 5.74) is 2.69. The molecule has 2 heteroatoms. The summed E-state index contributed by atoms with van der Waals surface area (Å²) in [6.45, 7) is 9.82. The Bertz CT molecular complexity index is 595. The van der Waals surface area contributed by atoms with Gasteiger partial charge in [-0.25, -0.2) is 4.79 Å². The maximum atomic E-state index is 11.8. The molecule has 0 N–H and O–H groups in total. The zero-order chi connectivity index (χ0) is 17.3. The summed E-state index contributed by atoms with van der Waals surface area (Å²) in [6.07, 6.45) is 1.98. The van der Waals surface area contributed by atoms with Gasteiger partial charge in [0.1, 0.15) is 5.60 Å². The third kappa shape index (κ3) is 7.14. The zero-order valence-electron chi connectivity index (χ0n) is 14.9. The van der Waals surface area contributed by atoms with Crippen LogP contribution < -0.4 is 0 Å². The fourth-order valence-electron chi connectivity index (χ4n) is 2.07. The predicted molar refractivity (Wildman–Crippen MR) is 96.8 cm³/mol. The fourth-order valence-corrected chi connectivity index (χ4v) is 2.07. The van der Waals surface area contributed by atoms with Crippen LogP contribution in [-0.2, 0) is 17.6 Å². The highest BCUT2D eigenvalue weighted by Gasteiger charge is 2.19. The Kier molecular flexibility index (Phi) is 7.53. The molecule has 2 nitrogen and oxygen atoms in total. The molecular formula is C21H28O2. The van der Waals surface area contributed by atoms with Gasteiger partial charge >= 0.3 is 5.97 Å². The molecule has 0 spiro atoms. The number of carbonyl (C=O) groups excluding carboxylic acids is 1. The van der Waals surface area contributed by atoms with Crippen LogP contribution in [0.25, 0.3) is 0 Å². The Morgan fingerprint density at radius 2 is 1.43 bits per heavy atom. The number of ether oxygens (including phenoxy) is 1. The Morgan fingerprint density at radius 3 is 1.91 bits per heavy atom. The summed E-state index contributed by atoms with van der Waals surface area (Å²) in [5, 5.41) is 0. The minimum absolute atomic E-state index is 0.236. The Labute approximate surface area is 140 Å². The van der Waals surface area contributed by atoms with Crippen molar-refractivity contribution in [3.63, 3.8) is 0 Å². The maximum Gasteiger partial charge on any atom is 0.338 e. The van der Waals surface area contributed by atoms with Gasteiger partial charge in [-0.3, -0.25) is 0 Å². The summed E-state index contributed by atoms with van der Waals surface area (Å²) in [6, 6.07) is 18.0. The molecule has 124 valence electrons. The lowest BCUT2D eigenvalue weighted by Crippen LogP contribution is -2.24. The maximum absolute atomic E-state index is 11.8. The summed E-state index contributed by atoms with van der Waals surface area (Å²) >= 11 is 0. The third-order valence-corrected chi connectivity index (χ3v) is 3.27. The second-order valence-corrected chi connectivity index (χ2v) is 6.35. The lowest BCUT2D eigenvalue weighted by molar-refractivity contribution is 0.00684. The predicted octanol–water partition coefficient (Wildman–Crippen LogP) is 5.45. The van der Waals surface area contributed by atoms with Crippen LogP contribution in [0, 0.1) is 0 Å². The van der Waals surface area contributed by atoms with Gasteiger partial charge in [-0.2, -0.15) is 0 Å². The van der Waals surface area contributed by atoms with E-state index in [0.717, 1.165) is 18.4 Å². The first kappa shape index (κ1) is 19.0. The van der Waals surface area contributed by atoms with Crippen LogP contribution >= 0.6 is 0 Å². The van der Waals surface area contributed by atoms with Crippen molar-refractivity contribution in [2.24, 2.45) is 0 Å². The number of hydrogen-bond acceptors (Lipinski definition) is 2. The first-order valence-electron chi connectivity index (χ1n) is 8.22. The standard InChI is InChI=1S/C13H18O2.C8H10/c1-5-10-8-6-7-9-11(10)12(14)15-13(2,3)4;1-2-8-6-4-3-5-7-8/h6-9H,5H2,1-4H3;3-7H,2H2,1H3. The van der Waals surface area contributed by atoms with Gasteiger partial charge in [0.15, 0.2) is 0 Å². The molecule has 0 aliphatic carbocycles. The molecule has 0 unspecified atom stereocenters. The zero-order valence-corrected chi connectivity index (χ0v) is 14.9. The SMILES string of the molecule is CCc1ccccc1.CCc1ccccc1C(=O)OC(C)(C)C. The number of benzene rings is 2. The average Bonchev–Trinajstić information content (AvgIpc) is 2.54. The molecule has 2 rings (SSSR count). The minimum Gasteiger partial charge on any atom is -0.456 e. The van der Waals surface area contributed by atoms with E-state index in [0.29, 0.717) is 5.56 Å². The molecule has 2 aromatic rings. The topological polar surface area (TPSA) is 26.3 Å². The van der Waals surface area contributed by atoms with Gasteiger partial charge in [-0.15, -0.1) is 0 Å². The number of esters is 1. The molecular weight excluding hydrogens is 284 g/mol. The molecule has 0 amide bonds. The molecule has 0 bridgehead atoms. The van der Waals surface area contributed by atoms with Crippen LogP contribution in [0.4, 0.5) is 0 Å². The summed E-state index contributed by atoms with van der Waals surface area (Å²) < 4.78 is 5.33. The van der Waals surface area contributed by atoms with E-state index >= 15 is 0 Å². The third-order valence-electron chi connectivity index (χ3n) is 3.27. The first-order chi connectivity index (χ1) is 10.9. The molecule has 0 aliphatic rings. The molecule has 0 atom stereocenters. The van der Waals surface area contributed by atoms with E-state index in [1.807, 2.05) is 58.0 Å². The van der Waals surface area contributed by atoms with Crippen molar-refractivity contribution < 1.29 is 9.53 Å². The number of carbonyl (C=O) groups is 1. The van der Waals surface area contributed by atoms with Crippen LogP contribution in [0.15, 0.2) is 54.6 Å². The average molecular weight is 312 g/mol. The van der Waals surface area contributed by atoms with E-state index in [9.17, 15) is 4.79 Å². The second kappa shape index (κ2) is 9.14. The molecule has 2 aromatic carbocycles. The lowest BCUT2D eigenvalue weighted by Gasteiger charge is -2.20. The highest BCUT2D eigenvalue weighted by Crippen LogP contribution is 2.15. The largest absolute Gasteiger partial charge is 0.456 e. The normalized spacial score (nSPS) is 10.5. The number of hydrogen-bond donors (Lipinski definition) is 0. The second-order valence-electron chi connectivity index (χ2n) is 6.35. The molecule has 23 heavy (non-hydrogen) atoms. The van der Waals surface area contributed by atoms with Crippen molar-refractivity contribution in [1.29, 1.82) is 0 Å². The van der Waals surface area contributed by atoms with Crippen molar-refractivity contribution in [2.75, 3.05) is 0 Å². The molecule has 0 saturated heterocycles. The Hall–Kier alpha value is -2.09. The summed E-state index contributed by atoms with van der Waals surface area (Å²) in [5.74, 6) is -0.236. The van der Waals surface area contributed by atoms with Gasteiger partial charge in [-0.1, -0.05) is 62.4 Å². The Morgan fingerprint density at radius 1 is 0.870 bits per heavy atom. The van der Waals surface area contributed by atoms with Gasteiger partial charge in [-0.05, 0) is 50.8 Å². The van der Waals surface area contributed by atoms with Crippen molar-refractivity contribution in [2.45, 2.75) is 53.1 Å². The molecule has 0 aromatic heterocycles. The highest BCUT2D eigenvalue weighted by atomic mass is 16.6. The minimum atomic E-state index is -0.433. The van der Waals surface area contributed by atoms with Crippen LogP contribution in [0.2, 0.25) is 0 Å². The molecule has 0 radical (unpaired) electrons. The van der Waals surface area contributed by atoms with Gasteiger partial charge in [0.25, 0.3) is 0 Å². The van der Waals surface area contributed by atoms with Gasteiger partial charge in [0, 0.05) is 0 Å². The summed E-state index contributed by atoms with van der Waals surface area (Å²) in [7, 11) is 0. The molecule has 0 saturated carbocycles. The highest BCUT2D eigenvalue weighted by molar-refractivity contribution is 5.91. The van der Waals surface area contributed by atoms with Crippen molar-refractivity contribution >= 4 is 5.97 Å². The lowest BCUT2D eigenvalue weighted by atomic mass is 10.1. The van der Waals surface area contributed by atoms with Crippen LogP contribution in [0.1, 0.15) is 56.1 Å². The van der Waals surface area contributed by atoms with E-state index in [1.165, 1.54) is 5.56 Å². The van der Waals surface area contributed by atoms with Gasteiger partial charge in [0.05, 0.1) is 5.56 Å².